The maximum Gasteiger partial charge on any atom is 0.257 e. The minimum absolute atomic E-state index is 0.745. The van der Waals surface area contributed by atoms with Gasteiger partial charge < -0.3 is 0 Å². The van der Waals surface area contributed by atoms with Crippen molar-refractivity contribution >= 4 is 64.3 Å². The minimum Gasteiger partial charge on any atom is -0.253 e. The number of hydrogen-bond donors (Lipinski definition) is 2. The smallest absolute Gasteiger partial charge is 0.253 e. The van der Waals surface area contributed by atoms with Gasteiger partial charge in [0.05, 0.1) is 0 Å². The lowest BCUT2D eigenvalue weighted by Gasteiger charge is -2.25. The molecule has 0 saturated carbocycles. The Morgan fingerprint density at radius 1 is 0.667 bits per heavy atom. The van der Waals surface area contributed by atoms with E-state index >= 15 is 0 Å². The molecule has 2 atom stereocenters. The first kappa shape index (κ1) is 16.1. The van der Waals surface area contributed by atoms with Crippen LogP contribution < -0.4 is 10.2 Å². The molecule has 2 bridgehead atoms. The fourth-order valence-corrected chi connectivity index (χ4v) is 17.6. The molecule has 18 heavy (non-hydrogen) atoms. The Balaban J connectivity index is 2.41. The van der Waals surface area contributed by atoms with E-state index in [-0.39, 0.29) is 0 Å². The van der Waals surface area contributed by atoms with Gasteiger partial charge in [-0.05, 0) is 57.8 Å². The summed E-state index contributed by atoms with van der Waals surface area (Å²) in [4.78, 5) is 0. The van der Waals surface area contributed by atoms with Crippen molar-refractivity contribution in [3.63, 3.8) is 0 Å². The van der Waals surface area contributed by atoms with Crippen molar-refractivity contribution in [3.8, 4) is 0 Å². The molecule has 0 aromatic rings. The molecule has 2 rings (SSSR count). The van der Waals surface area contributed by atoms with Crippen LogP contribution in [0.2, 0.25) is 0 Å². The quantitative estimate of drug-likeness (QED) is 0.461. The lowest BCUT2D eigenvalue weighted by Crippen LogP contribution is -2.10. The van der Waals surface area contributed by atoms with E-state index in [1.54, 1.807) is 0 Å². The molecule has 0 amide bonds. The first-order chi connectivity index (χ1) is 8.33. The Morgan fingerprint density at radius 2 is 1.17 bits per heavy atom. The molecule has 0 spiro atoms. The van der Waals surface area contributed by atoms with Gasteiger partial charge in [-0.25, -0.2) is 0 Å². The molecule has 2 unspecified atom stereocenters. The molecule has 2 aliphatic heterocycles. The van der Waals surface area contributed by atoms with Gasteiger partial charge in [-0.2, -0.15) is 13.5 Å². The predicted molar refractivity (Wildman–Crippen MR) is 85.9 cm³/mol. The molecular weight excluding hydrogens is 377 g/mol. The topological polar surface area (TPSA) is 61.1 Å². The highest BCUT2D eigenvalue weighted by Crippen LogP contribution is 2.82. The van der Waals surface area contributed by atoms with E-state index in [0.717, 1.165) is 38.8 Å². The molecule has 0 aromatic carbocycles. The summed E-state index contributed by atoms with van der Waals surface area (Å²) in [5, 5.41) is 6.30. The van der Waals surface area contributed by atoms with Crippen LogP contribution in [0.3, 0.4) is 0 Å². The predicted octanol–water partition coefficient (Wildman–Crippen LogP) is 6.55. The molecule has 2 N–H and O–H groups in total. The number of halogens is 4. The fraction of sp³-hybridized carbons (Fsp3) is 1.00. The van der Waals surface area contributed by atoms with Gasteiger partial charge in [0.2, 0.25) is 13.4 Å². The first-order valence-electron chi connectivity index (χ1n) is 5.53. The van der Waals surface area contributed by atoms with Gasteiger partial charge in [-0.1, -0.05) is 12.8 Å². The van der Waals surface area contributed by atoms with Crippen molar-refractivity contribution < 1.29 is 0 Å². The average Bonchev–Trinajstić information content (AvgIpc) is 2.19. The largest absolute Gasteiger partial charge is 0.257 e. The minimum atomic E-state index is -2.83. The summed E-state index contributed by atoms with van der Waals surface area (Å²) in [6.07, 6.45) is 4.33. The molecule has 5 nitrogen and oxygen atoms in total. The average molecular weight is 391 g/mol. The van der Waals surface area contributed by atoms with E-state index in [4.69, 9.17) is 45.0 Å². The van der Waals surface area contributed by atoms with Crippen LogP contribution in [-0.4, -0.2) is 13.1 Å². The number of fused-ring (bicyclic) bond motifs is 1. The molecule has 0 aliphatic carbocycles. The number of nitrogens with zero attached hydrogens (tertiary/aromatic N) is 3. The molecule has 0 aromatic heterocycles. The van der Waals surface area contributed by atoms with Crippen LogP contribution >= 0.6 is 64.3 Å². The summed E-state index contributed by atoms with van der Waals surface area (Å²) < 4.78 is 12.8. The summed E-state index contributed by atoms with van der Waals surface area (Å²) in [6, 6.07) is 0. The highest BCUT2D eigenvalue weighted by atomic mass is 35.9. The van der Waals surface area contributed by atoms with E-state index in [9.17, 15) is 0 Å². The number of hydrogen-bond acceptors (Lipinski definition) is 5. The molecule has 2 heterocycles. The summed E-state index contributed by atoms with van der Waals surface area (Å²) in [6.45, 7) is -3.75. The van der Waals surface area contributed by atoms with Crippen LogP contribution in [0, 0.1) is 0 Å². The Hall–Kier alpha value is 1.77. The molecule has 0 fully saturated rings. The Labute approximate surface area is 126 Å². The van der Waals surface area contributed by atoms with Crippen LogP contribution in [0.5, 0.6) is 0 Å². The van der Waals surface area contributed by atoms with E-state index in [1.807, 2.05) is 0 Å². The van der Waals surface area contributed by atoms with Crippen LogP contribution in [0.4, 0.5) is 0 Å². The summed E-state index contributed by atoms with van der Waals surface area (Å²) in [7, 11) is 0. The zero-order chi connectivity index (χ0) is 13.3. The summed E-state index contributed by atoms with van der Waals surface area (Å²) in [5.74, 6) is -2.83. The van der Waals surface area contributed by atoms with Crippen molar-refractivity contribution in [1.29, 1.82) is 0 Å². The maximum atomic E-state index is 6.40. The third-order valence-corrected chi connectivity index (χ3v) is 14.8. The molecule has 0 saturated heterocycles. The third-order valence-electron chi connectivity index (χ3n) is 2.42. The van der Waals surface area contributed by atoms with Crippen LogP contribution in [-0.2, 0) is 0 Å². The van der Waals surface area contributed by atoms with E-state index < -0.39 is 19.3 Å². The van der Waals surface area contributed by atoms with Gasteiger partial charge in [0.15, 0.2) is 0 Å². The lowest BCUT2D eigenvalue weighted by molar-refractivity contribution is 0.634. The second-order valence-electron chi connectivity index (χ2n) is 4.00. The molecule has 106 valence electrons. The van der Waals surface area contributed by atoms with Crippen molar-refractivity contribution in [2.24, 2.45) is 13.5 Å². The van der Waals surface area contributed by atoms with Crippen molar-refractivity contribution in [2.75, 3.05) is 13.1 Å². The highest BCUT2D eigenvalue weighted by molar-refractivity contribution is 8.17. The van der Waals surface area contributed by atoms with Crippen molar-refractivity contribution in [3.05, 3.63) is 0 Å². The number of nitrogens with one attached hydrogen (secondary N) is 2. The van der Waals surface area contributed by atoms with Gasteiger partial charge in [0.25, 0.3) is 5.91 Å². The van der Waals surface area contributed by atoms with Gasteiger partial charge >= 0.3 is 0 Å². The SMILES string of the molecule is ClP1(Cl)=NP2(Cl)=NP(Cl)(=N1)NCCCCCCN2. The molecular formula is C6H14Cl4N5P3. The second-order valence-corrected chi connectivity index (χ2v) is 16.0. The first-order valence-corrected chi connectivity index (χ1v) is 14.2. The second kappa shape index (κ2) is 6.26. The van der Waals surface area contributed by atoms with Gasteiger partial charge in [0.1, 0.15) is 0 Å². The Morgan fingerprint density at radius 3 is 1.72 bits per heavy atom. The standard InChI is InChI=1S/C6H14Cl4N5P3/c7-16(8)13-17(9)11-5-3-1-2-4-6-12-18(10,14-16)15-17/h11-12H,1-6H2. The van der Waals surface area contributed by atoms with Crippen LogP contribution in [0.15, 0.2) is 13.5 Å². The summed E-state index contributed by atoms with van der Waals surface area (Å²) >= 11 is 25.0. The zero-order valence-corrected chi connectivity index (χ0v) is 15.1. The van der Waals surface area contributed by atoms with E-state index in [2.05, 4.69) is 23.7 Å². The molecule has 12 heteroatoms. The van der Waals surface area contributed by atoms with E-state index in [1.165, 1.54) is 0 Å². The van der Waals surface area contributed by atoms with Gasteiger partial charge in [0, 0.05) is 13.1 Å². The van der Waals surface area contributed by atoms with Crippen LogP contribution in [0.1, 0.15) is 25.7 Å². The Kier molecular flexibility index (Phi) is 5.62. The fourth-order valence-electron chi connectivity index (χ4n) is 1.67. The van der Waals surface area contributed by atoms with Crippen LogP contribution in [0.25, 0.3) is 0 Å². The lowest BCUT2D eigenvalue weighted by atomic mass is 10.2. The van der Waals surface area contributed by atoms with Crippen molar-refractivity contribution in [1.82, 2.24) is 10.2 Å². The maximum absolute atomic E-state index is 6.40. The number of rotatable bonds is 0. The zero-order valence-electron chi connectivity index (χ0n) is 9.44. The molecule has 2 aliphatic rings. The summed E-state index contributed by atoms with van der Waals surface area (Å²) in [5.41, 5.74) is 0. The monoisotopic (exact) mass is 389 g/mol. The van der Waals surface area contributed by atoms with Gasteiger partial charge in [-0.3, -0.25) is 10.2 Å². The highest BCUT2D eigenvalue weighted by Gasteiger charge is 2.32. The normalized spacial score (nSPS) is 40.7. The third kappa shape index (κ3) is 4.65. The van der Waals surface area contributed by atoms with Gasteiger partial charge in [-0.15, -0.1) is 0 Å². The van der Waals surface area contributed by atoms with Crippen molar-refractivity contribution in [2.45, 2.75) is 25.7 Å². The van der Waals surface area contributed by atoms with E-state index in [0.29, 0.717) is 0 Å². The Bertz CT molecular complexity index is 474. The molecule has 0 radical (unpaired) electrons.